The molecule has 2 nitrogen and oxygen atoms in total. The van der Waals surface area contributed by atoms with Crippen molar-refractivity contribution >= 4 is 21.5 Å². The molecule has 0 saturated carbocycles. The van der Waals surface area contributed by atoms with Crippen molar-refractivity contribution in [2.45, 2.75) is 44.2 Å². The molecule has 0 fully saturated rings. The molecule has 0 amide bonds. The molecule has 1 atom stereocenters. The monoisotopic (exact) mass is 518 g/mol. The average Bonchev–Trinajstić information content (AvgIpc) is 3.42. The molecular formula is C37H27FN2+2. The fraction of sp³-hybridized carbons (Fsp3) is 0.189. The van der Waals surface area contributed by atoms with Crippen molar-refractivity contribution in [3.05, 3.63) is 130 Å². The van der Waals surface area contributed by atoms with Crippen molar-refractivity contribution in [1.29, 1.82) is 0 Å². The van der Waals surface area contributed by atoms with Crippen molar-refractivity contribution in [3.63, 3.8) is 0 Å². The topological polar surface area (TPSA) is 7.76 Å². The summed E-state index contributed by atoms with van der Waals surface area (Å²) < 4.78 is 21.1. The molecule has 0 N–H and O–H groups in total. The highest BCUT2D eigenvalue weighted by Gasteiger charge is 2.70. The molecule has 10 rings (SSSR count). The third-order valence-electron chi connectivity index (χ3n) is 10.7. The first-order valence-corrected chi connectivity index (χ1v) is 14.2. The summed E-state index contributed by atoms with van der Waals surface area (Å²) in [7, 11) is 0. The zero-order valence-corrected chi connectivity index (χ0v) is 22.9. The van der Waals surface area contributed by atoms with Crippen LogP contribution in [-0.2, 0) is 16.5 Å². The molecule has 0 saturated heterocycles. The molecule has 4 heterocycles. The van der Waals surface area contributed by atoms with Gasteiger partial charge in [0.1, 0.15) is 16.9 Å². The molecule has 0 radical (unpaired) electrons. The van der Waals surface area contributed by atoms with Gasteiger partial charge in [0.2, 0.25) is 11.4 Å². The zero-order chi connectivity index (χ0) is 26.9. The van der Waals surface area contributed by atoms with E-state index in [1.54, 1.807) is 6.07 Å². The highest BCUT2D eigenvalue weighted by atomic mass is 19.1. The predicted octanol–water partition coefficient (Wildman–Crippen LogP) is 7.24. The van der Waals surface area contributed by atoms with Gasteiger partial charge in [-0.2, -0.15) is 0 Å². The van der Waals surface area contributed by atoms with Gasteiger partial charge in [-0.05, 0) is 45.7 Å². The summed E-state index contributed by atoms with van der Waals surface area (Å²) in [5.74, 6) is -0.123. The SMILES string of the molecule is CC1(C)c2cccc3c2-c2c4c1cccc4cc[n+]2C31c2ccc(F)c3c2-c2c4c(cccc4cc[n+]21)C3(C)C. The number of nitrogens with zero attached hydrogens (tertiary/aromatic N) is 2. The molecule has 6 aromatic rings. The summed E-state index contributed by atoms with van der Waals surface area (Å²) in [5, 5.41) is 5.05. The Hall–Kier alpha value is -4.37. The van der Waals surface area contributed by atoms with Gasteiger partial charge in [0, 0.05) is 28.5 Å². The first kappa shape index (κ1) is 21.5. The molecule has 2 aliphatic carbocycles. The molecule has 190 valence electrons. The molecule has 0 bridgehead atoms. The number of aromatic nitrogens is 2. The Labute approximate surface area is 232 Å². The van der Waals surface area contributed by atoms with Gasteiger partial charge >= 0.3 is 5.66 Å². The summed E-state index contributed by atoms with van der Waals surface area (Å²) in [6.07, 6.45) is 4.52. The number of fused-ring (bicyclic) bond motifs is 4. The standard InChI is InChI=1S/C37H27FN2/c1-35(2)22-10-5-8-20-16-18-39-33(28(20)22)30-24(35)12-7-13-25(30)37(39)26-14-15-27(38)32-31(26)34-29-21(17-19-40(34)37)9-6-11-23(29)36(32,3)4/h5-19H,1-4H3/q+2. The molecule has 1 unspecified atom stereocenters. The first-order chi connectivity index (χ1) is 19.3. The molecule has 3 heteroatoms. The lowest BCUT2D eigenvalue weighted by Crippen LogP contribution is -2.71. The van der Waals surface area contributed by atoms with Crippen molar-refractivity contribution in [1.82, 2.24) is 0 Å². The maximum Gasteiger partial charge on any atom is 0.417 e. The second kappa shape index (κ2) is 6.18. The van der Waals surface area contributed by atoms with Crippen LogP contribution in [0.4, 0.5) is 4.39 Å². The minimum Gasteiger partial charge on any atom is -0.207 e. The van der Waals surface area contributed by atoms with E-state index in [1.165, 1.54) is 55.1 Å². The van der Waals surface area contributed by atoms with Crippen molar-refractivity contribution in [2.75, 3.05) is 0 Å². The molecule has 4 aliphatic rings. The van der Waals surface area contributed by atoms with Crippen LogP contribution in [0.2, 0.25) is 0 Å². The minimum absolute atomic E-state index is 0.123. The second-order valence-corrected chi connectivity index (χ2v) is 13.1. The zero-order valence-electron chi connectivity index (χ0n) is 22.9. The van der Waals surface area contributed by atoms with Crippen LogP contribution in [0, 0.1) is 5.82 Å². The highest BCUT2D eigenvalue weighted by molar-refractivity contribution is 6.04. The largest absolute Gasteiger partial charge is 0.417 e. The number of benzene rings is 4. The number of pyridine rings is 2. The van der Waals surface area contributed by atoms with Crippen LogP contribution < -0.4 is 9.13 Å². The highest BCUT2D eigenvalue weighted by Crippen LogP contribution is 2.59. The van der Waals surface area contributed by atoms with E-state index in [-0.39, 0.29) is 11.2 Å². The molecule has 4 aromatic carbocycles. The van der Waals surface area contributed by atoms with E-state index in [0.29, 0.717) is 0 Å². The van der Waals surface area contributed by atoms with Crippen LogP contribution >= 0.6 is 0 Å². The van der Waals surface area contributed by atoms with Crippen LogP contribution in [0.5, 0.6) is 0 Å². The lowest BCUT2D eigenvalue weighted by Gasteiger charge is -2.32. The van der Waals surface area contributed by atoms with Gasteiger partial charge in [0.25, 0.3) is 0 Å². The summed E-state index contributed by atoms with van der Waals surface area (Å²) in [4.78, 5) is 0. The molecular weight excluding hydrogens is 491 g/mol. The van der Waals surface area contributed by atoms with E-state index in [2.05, 4.69) is 122 Å². The first-order valence-electron chi connectivity index (χ1n) is 14.2. The van der Waals surface area contributed by atoms with E-state index in [1.807, 2.05) is 0 Å². The molecule has 2 aliphatic heterocycles. The maximum absolute atomic E-state index is 16.1. The van der Waals surface area contributed by atoms with Crippen LogP contribution in [0.15, 0.2) is 91.3 Å². The lowest BCUT2D eigenvalue weighted by atomic mass is 9.68. The Morgan fingerprint density at radius 2 is 1.05 bits per heavy atom. The molecule has 2 aromatic heterocycles. The molecule has 1 spiro atoms. The normalized spacial score (nSPS) is 20.6. The third-order valence-corrected chi connectivity index (χ3v) is 10.7. The maximum atomic E-state index is 16.1. The number of halogens is 1. The predicted molar refractivity (Wildman–Crippen MR) is 155 cm³/mol. The third kappa shape index (κ3) is 1.92. The van der Waals surface area contributed by atoms with Crippen LogP contribution in [0.25, 0.3) is 44.1 Å². The van der Waals surface area contributed by atoms with Gasteiger partial charge in [-0.25, -0.2) is 4.39 Å². The van der Waals surface area contributed by atoms with E-state index >= 15 is 4.39 Å². The van der Waals surface area contributed by atoms with Crippen molar-refractivity contribution < 1.29 is 13.5 Å². The Morgan fingerprint density at radius 1 is 0.525 bits per heavy atom. The van der Waals surface area contributed by atoms with Gasteiger partial charge in [-0.1, -0.05) is 76.2 Å². The van der Waals surface area contributed by atoms with Crippen LogP contribution in [-0.4, -0.2) is 0 Å². The number of hydrogen-bond donors (Lipinski definition) is 0. The Bertz CT molecular complexity index is 2240. The van der Waals surface area contributed by atoms with Gasteiger partial charge in [-0.3, -0.25) is 0 Å². The van der Waals surface area contributed by atoms with Gasteiger partial charge < -0.3 is 0 Å². The second-order valence-electron chi connectivity index (χ2n) is 13.1. The summed E-state index contributed by atoms with van der Waals surface area (Å²) in [5.41, 5.74) is 10.7. The Morgan fingerprint density at radius 3 is 1.73 bits per heavy atom. The van der Waals surface area contributed by atoms with E-state index in [9.17, 15) is 0 Å². The summed E-state index contributed by atoms with van der Waals surface area (Å²) >= 11 is 0. The van der Waals surface area contributed by atoms with E-state index in [4.69, 9.17) is 0 Å². The van der Waals surface area contributed by atoms with Gasteiger partial charge in [0.15, 0.2) is 12.4 Å². The molecule has 40 heavy (non-hydrogen) atoms. The van der Waals surface area contributed by atoms with Crippen LogP contribution in [0.1, 0.15) is 61.1 Å². The van der Waals surface area contributed by atoms with Crippen LogP contribution in [0.3, 0.4) is 0 Å². The van der Waals surface area contributed by atoms with E-state index < -0.39 is 11.1 Å². The fourth-order valence-electron chi connectivity index (χ4n) is 9.12. The average molecular weight is 519 g/mol. The van der Waals surface area contributed by atoms with Crippen molar-refractivity contribution in [2.24, 2.45) is 0 Å². The number of hydrogen-bond acceptors (Lipinski definition) is 0. The Kier molecular flexibility index (Phi) is 3.31. The smallest absolute Gasteiger partial charge is 0.207 e. The van der Waals surface area contributed by atoms with Gasteiger partial charge in [-0.15, -0.1) is 9.13 Å². The quantitative estimate of drug-likeness (QED) is 0.187. The van der Waals surface area contributed by atoms with Gasteiger partial charge in [0.05, 0.1) is 21.9 Å². The summed E-state index contributed by atoms with van der Waals surface area (Å²) in [6.45, 7) is 9.08. The lowest BCUT2D eigenvalue weighted by molar-refractivity contribution is -0.954. The number of rotatable bonds is 0. The Balaban J connectivity index is 1.52. The van der Waals surface area contributed by atoms with Crippen molar-refractivity contribution in [3.8, 4) is 22.5 Å². The minimum atomic E-state index is -0.642. The summed E-state index contributed by atoms with van der Waals surface area (Å²) in [6, 6.07) is 28.4. The van der Waals surface area contributed by atoms with E-state index in [0.717, 1.165) is 22.4 Å². The fourth-order valence-corrected chi connectivity index (χ4v) is 9.12.